The van der Waals surface area contributed by atoms with Gasteiger partial charge in [0.15, 0.2) is 0 Å². The molecule has 0 aromatic heterocycles. The molecule has 2 rings (SSSR count). The molecule has 0 saturated heterocycles. The van der Waals surface area contributed by atoms with Crippen LogP contribution in [0.2, 0.25) is 0 Å². The molecule has 1 amide bonds. The molecule has 0 spiro atoms. The van der Waals surface area contributed by atoms with Crippen LogP contribution >= 0.6 is 0 Å². The zero-order valence-corrected chi connectivity index (χ0v) is 10.8. The summed E-state index contributed by atoms with van der Waals surface area (Å²) >= 11 is 0. The molecule has 4 nitrogen and oxygen atoms in total. The number of hydrogen-bond acceptors (Lipinski definition) is 3. The van der Waals surface area contributed by atoms with Gasteiger partial charge < -0.3 is 10.2 Å². The summed E-state index contributed by atoms with van der Waals surface area (Å²) in [5.74, 6) is -0.971. The highest BCUT2D eigenvalue weighted by molar-refractivity contribution is 6.51. The van der Waals surface area contributed by atoms with Crippen LogP contribution in [0.3, 0.4) is 0 Å². The van der Waals surface area contributed by atoms with Crippen molar-refractivity contribution in [1.29, 1.82) is 0 Å². The van der Waals surface area contributed by atoms with Gasteiger partial charge in [-0.05, 0) is 24.6 Å². The number of carbonyl (C=O) groups excluding carboxylic acids is 2. The van der Waals surface area contributed by atoms with E-state index in [1.54, 1.807) is 6.07 Å². The predicted molar refractivity (Wildman–Crippen MR) is 72.2 cm³/mol. The average molecular weight is 246 g/mol. The Balaban J connectivity index is 2.10. The smallest absolute Gasteiger partial charge is 0.296 e. The monoisotopic (exact) mass is 246 g/mol. The number of ketones is 1. The first-order valence-corrected chi connectivity index (χ1v) is 6.34. The number of rotatable bonds is 5. The molecular weight excluding hydrogens is 228 g/mol. The van der Waals surface area contributed by atoms with E-state index in [0.717, 1.165) is 18.7 Å². The zero-order chi connectivity index (χ0) is 13.1. The molecule has 0 fully saturated rings. The second-order valence-corrected chi connectivity index (χ2v) is 4.64. The number of unbranched alkanes of at least 4 members (excludes halogenated alkanes) is 2. The number of fused-ring (bicyclic) bond motifs is 1. The minimum Gasteiger partial charge on any atom is -0.375 e. The van der Waals surface area contributed by atoms with Gasteiger partial charge in [0.05, 0.1) is 11.3 Å². The van der Waals surface area contributed by atoms with E-state index < -0.39 is 11.7 Å². The molecule has 96 valence electrons. The van der Waals surface area contributed by atoms with E-state index in [0.29, 0.717) is 11.3 Å². The van der Waals surface area contributed by atoms with E-state index >= 15 is 0 Å². The van der Waals surface area contributed by atoms with Crippen molar-refractivity contribution in [2.75, 3.05) is 23.8 Å². The fourth-order valence-electron chi connectivity index (χ4n) is 2.10. The summed E-state index contributed by atoms with van der Waals surface area (Å²) < 4.78 is 0. The second-order valence-electron chi connectivity index (χ2n) is 4.64. The van der Waals surface area contributed by atoms with Crippen molar-refractivity contribution in [3.8, 4) is 0 Å². The molecule has 1 aromatic carbocycles. The van der Waals surface area contributed by atoms with Crippen LogP contribution in [0.4, 0.5) is 11.4 Å². The Labute approximate surface area is 107 Å². The van der Waals surface area contributed by atoms with Gasteiger partial charge in [-0.15, -0.1) is 0 Å². The Morgan fingerprint density at radius 2 is 2.00 bits per heavy atom. The van der Waals surface area contributed by atoms with E-state index in [4.69, 9.17) is 0 Å². The summed E-state index contributed by atoms with van der Waals surface area (Å²) in [5.41, 5.74) is 2.13. The number of hydrogen-bond donors (Lipinski definition) is 1. The van der Waals surface area contributed by atoms with Gasteiger partial charge in [-0.3, -0.25) is 9.59 Å². The fraction of sp³-hybridized carbons (Fsp3) is 0.429. The molecule has 0 saturated carbocycles. The molecule has 4 heteroatoms. The first-order chi connectivity index (χ1) is 8.63. The molecule has 1 aliphatic rings. The van der Waals surface area contributed by atoms with E-state index in [9.17, 15) is 9.59 Å². The molecule has 0 unspecified atom stereocenters. The number of carbonyl (C=O) groups is 2. The van der Waals surface area contributed by atoms with Crippen molar-refractivity contribution < 1.29 is 9.59 Å². The van der Waals surface area contributed by atoms with Crippen LogP contribution in [0, 0.1) is 0 Å². The minimum atomic E-state index is -0.532. The van der Waals surface area contributed by atoms with Crippen molar-refractivity contribution in [3.05, 3.63) is 23.8 Å². The summed E-state index contributed by atoms with van der Waals surface area (Å²) in [5, 5.41) is 2.59. The van der Waals surface area contributed by atoms with Crippen molar-refractivity contribution >= 4 is 23.1 Å². The van der Waals surface area contributed by atoms with Crippen molar-refractivity contribution in [1.82, 2.24) is 0 Å². The van der Waals surface area contributed by atoms with Gasteiger partial charge >= 0.3 is 0 Å². The van der Waals surface area contributed by atoms with Crippen LogP contribution in [0.15, 0.2) is 18.2 Å². The van der Waals surface area contributed by atoms with Crippen molar-refractivity contribution in [2.24, 2.45) is 0 Å². The number of nitrogens with zero attached hydrogens (tertiary/aromatic N) is 1. The van der Waals surface area contributed by atoms with Crippen LogP contribution in [0.1, 0.15) is 36.5 Å². The molecule has 1 aliphatic heterocycles. The highest BCUT2D eigenvalue weighted by atomic mass is 16.2. The lowest BCUT2D eigenvalue weighted by Gasteiger charge is -2.19. The highest BCUT2D eigenvalue weighted by Crippen LogP contribution is 2.27. The van der Waals surface area contributed by atoms with Gasteiger partial charge in [0.2, 0.25) is 0 Å². The summed E-state index contributed by atoms with van der Waals surface area (Å²) in [6.07, 6.45) is 3.56. The lowest BCUT2D eigenvalue weighted by Crippen LogP contribution is -2.18. The van der Waals surface area contributed by atoms with Crippen LogP contribution < -0.4 is 10.2 Å². The Kier molecular flexibility index (Phi) is 3.65. The van der Waals surface area contributed by atoms with Crippen LogP contribution in [-0.4, -0.2) is 25.3 Å². The number of Topliss-reactive ketones (excluding diaryl/α,β-unsaturated/α-hetero) is 1. The molecule has 0 radical (unpaired) electrons. The minimum absolute atomic E-state index is 0.440. The number of benzene rings is 1. The fourth-order valence-corrected chi connectivity index (χ4v) is 2.10. The third-order valence-corrected chi connectivity index (χ3v) is 3.24. The van der Waals surface area contributed by atoms with E-state index in [2.05, 4.69) is 17.1 Å². The normalized spacial score (nSPS) is 13.4. The van der Waals surface area contributed by atoms with Gasteiger partial charge in [0.25, 0.3) is 11.7 Å². The maximum atomic E-state index is 11.5. The van der Waals surface area contributed by atoms with Gasteiger partial charge in [-0.25, -0.2) is 0 Å². The highest BCUT2D eigenvalue weighted by Gasteiger charge is 2.27. The predicted octanol–water partition coefficient (Wildman–Crippen LogP) is 2.45. The summed E-state index contributed by atoms with van der Waals surface area (Å²) in [6, 6.07) is 5.48. The molecular formula is C14H18N2O2. The Hall–Kier alpha value is -1.84. The lowest BCUT2D eigenvalue weighted by atomic mass is 10.1. The quantitative estimate of drug-likeness (QED) is 0.641. The molecule has 1 N–H and O–H groups in total. The molecule has 1 heterocycles. The van der Waals surface area contributed by atoms with Crippen LogP contribution in [0.5, 0.6) is 0 Å². The Bertz CT molecular complexity index is 483. The average Bonchev–Trinajstić information content (AvgIpc) is 2.65. The third-order valence-electron chi connectivity index (χ3n) is 3.24. The number of nitrogens with one attached hydrogen (secondary N) is 1. The summed E-state index contributed by atoms with van der Waals surface area (Å²) in [7, 11) is 2.02. The first kappa shape index (κ1) is 12.6. The standard InChI is InChI=1S/C14H18N2O2/c1-3-4-5-8-16(2)10-6-7-11-12(9-10)15-14(18)13(11)17/h6-7,9H,3-5,8H2,1-2H3,(H,15,17,18). The Morgan fingerprint density at radius 1 is 1.22 bits per heavy atom. The van der Waals surface area contributed by atoms with Gasteiger partial charge in [-0.2, -0.15) is 0 Å². The van der Waals surface area contributed by atoms with Gasteiger partial charge in [0.1, 0.15) is 0 Å². The van der Waals surface area contributed by atoms with E-state index in [1.165, 1.54) is 12.8 Å². The maximum Gasteiger partial charge on any atom is 0.296 e. The molecule has 18 heavy (non-hydrogen) atoms. The topological polar surface area (TPSA) is 49.4 Å². The van der Waals surface area contributed by atoms with E-state index in [1.807, 2.05) is 19.2 Å². The van der Waals surface area contributed by atoms with Crippen molar-refractivity contribution in [2.45, 2.75) is 26.2 Å². The number of anilines is 2. The summed E-state index contributed by atoms with van der Waals surface area (Å²) in [6.45, 7) is 3.16. The Morgan fingerprint density at radius 3 is 2.72 bits per heavy atom. The van der Waals surface area contributed by atoms with Crippen molar-refractivity contribution in [3.63, 3.8) is 0 Å². The first-order valence-electron chi connectivity index (χ1n) is 6.34. The lowest BCUT2D eigenvalue weighted by molar-refractivity contribution is -0.112. The van der Waals surface area contributed by atoms with Gasteiger partial charge in [0, 0.05) is 19.3 Å². The molecule has 0 aliphatic carbocycles. The van der Waals surface area contributed by atoms with Gasteiger partial charge in [-0.1, -0.05) is 19.8 Å². The summed E-state index contributed by atoms with van der Waals surface area (Å²) in [4.78, 5) is 24.9. The maximum absolute atomic E-state index is 11.5. The zero-order valence-electron chi connectivity index (χ0n) is 10.8. The SMILES string of the molecule is CCCCCN(C)c1ccc2c(c1)NC(=O)C2=O. The van der Waals surface area contributed by atoms with Crippen LogP contribution in [0.25, 0.3) is 0 Å². The largest absolute Gasteiger partial charge is 0.375 e. The number of amides is 1. The second kappa shape index (κ2) is 5.21. The molecule has 0 bridgehead atoms. The molecule has 1 aromatic rings. The third kappa shape index (κ3) is 2.37. The van der Waals surface area contributed by atoms with E-state index in [-0.39, 0.29) is 0 Å². The van der Waals surface area contributed by atoms with Crippen LogP contribution in [-0.2, 0) is 4.79 Å². The molecule has 0 atom stereocenters.